The molecule has 4 heteroatoms. The number of carbonyl (C=O) groups is 2. The third-order valence-electron chi connectivity index (χ3n) is 2.69. The molecule has 2 aromatic rings. The summed E-state index contributed by atoms with van der Waals surface area (Å²) in [7, 11) is 0. The lowest BCUT2D eigenvalue weighted by Gasteiger charge is -2.14. The Morgan fingerprint density at radius 1 is 0.833 bits per heavy atom. The minimum Gasteiger partial charge on any atom is -0.369 e. The fraction of sp³-hybridized carbons (Fsp3) is 0. The van der Waals surface area contributed by atoms with Crippen LogP contribution in [0.5, 0.6) is 5.75 Å². The number of fused-ring (bicyclic) bond motifs is 1. The first-order valence-corrected chi connectivity index (χ1v) is 5.47. The molecular formula is C14H9NO3. The van der Waals surface area contributed by atoms with Gasteiger partial charge in [-0.2, -0.15) is 0 Å². The largest absolute Gasteiger partial charge is 0.369 e. The van der Waals surface area contributed by atoms with Gasteiger partial charge < -0.3 is 4.84 Å². The zero-order valence-electron chi connectivity index (χ0n) is 9.37. The molecule has 0 saturated heterocycles. The number of carbonyl (C=O) groups excluding carboxylic acids is 2. The first-order valence-electron chi connectivity index (χ1n) is 5.47. The average Bonchev–Trinajstić information content (AvgIpc) is 2.70. The Balaban J connectivity index is 1.91. The lowest BCUT2D eigenvalue weighted by Crippen LogP contribution is -2.33. The van der Waals surface area contributed by atoms with Gasteiger partial charge in [-0.05, 0) is 22.9 Å². The van der Waals surface area contributed by atoms with Crippen LogP contribution < -0.4 is 4.84 Å². The highest BCUT2D eigenvalue weighted by molar-refractivity contribution is 6.12. The molecule has 1 heterocycles. The van der Waals surface area contributed by atoms with E-state index >= 15 is 0 Å². The van der Waals surface area contributed by atoms with Crippen molar-refractivity contribution in [1.29, 1.82) is 0 Å². The first-order chi connectivity index (χ1) is 8.74. The Morgan fingerprint density at radius 2 is 1.50 bits per heavy atom. The van der Waals surface area contributed by atoms with Crippen molar-refractivity contribution in [3.05, 3.63) is 54.6 Å². The minimum absolute atomic E-state index is 0.458. The van der Waals surface area contributed by atoms with Gasteiger partial charge in [0.05, 0.1) is 0 Å². The van der Waals surface area contributed by atoms with Crippen LogP contribution in [0.4, 0.5) is 0 Å². The number of hydrogen-bond donors (Lipinski definition) is 0. The molecule has 0 aliphatic carbocycles. The highest BCUT2D eigenvalue weighted by atomic mass is 16.7. The third kappa shape index (κ3) is 1.73. The molecule has 0 N–H and O–H groups in total. The average molecular weight is 239 g/mol. The van der Waals surface area contributed by atoms with Gasteiger partial charge >= 0.3 is 0 Å². The van der Waals surface area contributed by atoms with Gasteiger partial charge in [0.1, 0.15) is 0 Å². The summed E-state index contributed by atoms with van der Waals surface area (Å²) in [6.45, 7) is 0. The SMILES string of the molecule is O=C1C=CC(=O)N1Oc1ccc2ccccc2c1. The van der Waals surface area contributed by atoms with Crippen molar-refractivity contribution < 1.29 is 14.4 Å². The second-order valence-electron chi connectivity index (χ2n) is 3.90. The van der Waals surface area contributed by atoms with E-state index in [1.165, 1.54) is 12.2 Å². The highest BCUT2D eigenvalue weighted by Gasteiger charge is 2.25. The van der Waals surface area contributed by atoms with Crippen LogP contribution in [0, 0.1) is 0 Å². The molecule has 1 aliphatic heterocycles. The number of hydroxylamine groups is 2. The van der Waals surface area contributed by atoms with Gasteiger partial charge in [0.25, 0.3) is 11.8 Å². The molecule has 0 saturated carbocycles. The second kappa shape index (κ2) is 4.00. The van der Waals surface area contributed by atoms with Crippen molar-refractivity contribution >= 4 is 22.6 Å². The number of nitrogens with zero attached hydrogens (tertiary/aromatic N) is 1. The topological polar surface area (TPSA) is 46.6 Å². The lowest BCUT2D eigenvalue weighted by molar-refractivity contribution is -0.162. The molecule has 0 radical (unpaired) electrons. The van der Waals surface area contributed by atoms with E-state index in [1.807, 2.05) is 30.3 Å². The van der Waals surface area contributed by atoms with Crippen molar-refractivity contribution in [1.82, 2.24) is 5.06 Å². The van der Waals surface area contributed by atoms with Gasteiger partial charge in [-0.15, -0.1) is 0 Å². The number of rotatable bonds is 2. The quantitative estimate of drug-likeness (QED) is 0.753. The molecule has 0 bridgehead atoms. The van der Waals surface area contributed by atoms with Crippen LogP contribution in [0.1, 0.15) is 0 Å². The molecule has 0 unspecified atom stereocenters. The monoisotopic (exact) mass is 239 g/mol. The van der Waals surface area contributed by atoms with E-state index in [9.17, 15) is 9.59 Å². The van der Waals surface area contributed by atoms with Crippen molar-refractivity contribution in [2.75, 3.05) is 0 Å². The Hall–Kier alpha value is -2.62. The number of hydrogen-bond acceptors (Lipinski definition) is 3. The first kappa shape index (κ1) is 10.5. The zero-order chi connectivity index (χ0) is 12.5. The second-order valence-corrected chi connectivity index (χ2v) is 3.90. The fourth-order valence-electron chi connectivity index (χ4n) is 1.81. The van der Waals surface area contributed by atoms with Crippen LogP contribution in [0.3, 0.4) is 0 Å². The standard InChI is InChI=1S/C14H9NO3/c16-13-7-8-14(17)15(13)18-12-6-5-10-3-1-2-4-11(10)9-12/h1-9H. The molecule has 2 amide bonds. The van der Waals surface area contributed by atoms with Crippen LogP contribution >= 0.6 is 0 Å². The van der Waals surface area contributed by atoms with E-state index in [0.29, 0.717) is 5.75 Å². The van der Waals surface area contributed by atoms with E-state index < -0.39 is 11.8 Å². The van der Waals surface area contributed by atoms with Crippen molar-refractivity contribution in [2.45, 2.75) is 0 Å². The summed E-state index contributed by atoms with van der Waals surface area (Å²) in [6.07, 6.45) is 2.37. The predicted molar refractivity (Wildman–Crippen MR) is 65.6 cm³/mol. The molecule has 2 aromatic carbocycles. The molecule has 18 heavy (non-hydrogen) atoms. The summed E-state index contributed by atoms with van der Waals surface area (Å²) in [4.78, 5) is 28.0. The Labute approximate surface area is 103 Å². The maximum Gasteiger partial charge on any atom is 0.287 e. The Kier molecular flexibility index (Phi) is 2.34. The molecule has 4 nitrogen and oxygen atoms in total. The smallest absolute Gasteiger partial charge is 0.287 e. The van der Waals surface area contributed by atoms with Gasteiger partial charge in [0, 0.05) is 12.2 Å². The summed E-state index contributed by atoms with van der Waals surface area (Å²) in [5.74, 6) is -0.472. The van der Waals surface area contributed by atoms with Gasteiger partial charge in [-0.3, -0.25) is 9.59 Å². The highest BCUT2D eigenvalue weighted by Crippen LogP contribution is 2.22. The Bertz CT molecular complexity index is 658. The van der Waals surface area contributed by atoms with Gasteiger partial charge in [0.15, 0.2) is 5.75 Å². The summed E-state index contributed by atoms with van der Waals surface area (Å²) >= 11 is 0. The maximum atomic E-state index is 11.3. The zero-order valence-corrected chi connectivity index (χ0v) is 9.37. The molecule has 3 rings (SSSR count). The number of amides is 2. The predicted octanol–water partition coefficient (Wildman–Crippen LogP) is 2.06. The molecule has 1 aliphatic rings. The summed E-state index contributed by atoms with van der Waals surface area (Å²) in [6, 6.07) is 13.2. The molecule has 0 atom stereocenters. The minimum atomic E-state index is -0.465. The molecule has 0 spiro atoms. The van der Waals surface area contributed by atoms with Crippen molar-refractivity contribution in [2.24, 2.45) is 0 Å². The van der Waals surface area contributed by atoms with Crippen LogP contribution in [0.2, 0.25) is 0 Å². The van der Waals surface area contributed by atoms with E-state index in [-0.39, 0.29) is 0 Å². The summed E-state index contributed by atoms with van der Waals surface area (Å²) in [5.41, 5.74) is 0. The molecule has 0 fully saturated rings. The summed E-state index contributed by atoms with van der Waals surface area (Å²) < 4.78 is 0. The van der Waals surface area contributed by atoms with Crippen LogP contribution in [-0.2, 0) is 9.59 Å². The normalized spacial score (nSPS) is 14.6. The number of imide groups is 1. The molecule has 88 valence electrons. The fourth-order valence-corrected chi connectivity index (χ4v) is 1.81. The molecular weight excluding hydrogens is 230 g/mol. The van der Waals surface area contributed by atoms with E-state index in [1.54, 1.807) is 12.1 Å². The van der Waals surface area contributed by atoms with Crippen molar-refractivity contribution in [3.63, 3.8) is 0 Å². The van der Waals surface area contributed by atoms with Gasteiger partial charge in [0.2, 0.25) is 0 Å². The maximum absolute atomic E-state index is 11.3. The number of benzene rings is 2. The summed E-state index contributed by atoms with van der Waals surface area (Å²) in [5, 5.41) is 2.80. The van der Waals surface area contributed by atoms with Gasteiger partial charge in [-0.25, -0.2) is 0 Å². The Morgan fingerprint density at radius 3 is 2.22 bits per heavy atom. The van der Waals surface area contributed by atoms with E-state index in [2.05, 4.69) is 0 Å². The van der Waals surface area contributed by atoms with Crippen LogP contribution in [0.25, 0.3) is 10.8 Å². The lowest BCUT2D eigenvalue weighted by atomic mass is 10.1. The van der Waals surface area contributed by atoms with Gasteiger partial charge in [-0.1, -0.05) is 35.4 Å². The third-order valence-corrected chi connectivity index (χ3v) is 2.69. The van der Waals surface area contributed by atoms with E-state index in [0.717, 1.165) is 15.8 Å². The van der Waals surface area contributed by atoms with E-state index in [4.69, 9.17) is 4.84 Å². The van der Waals surface area contributed by atoms with Crippen LogP contribution in [0.15, 0.2) is 54.6 Å². The van der Waals surface area contributed by atoms with Crippen LogP contribution in [-0.4, -0.2) is 16.9 Å². The van der Waals surface area contributed by atoms with Crippen molar-refractivity contribution in [3.8, 4) is 5.75 Å². The molecule has 0 aromatic heterocycles.